The summed E-state index contributed by atoms with van der Waals surface area (Å²) in [5.41, 5.74) is 12.1. The number of benzene rings is 12. The Morgan fingerprint density at radius 1 is 0.281 bits per heavy atom. The molecule has 0 spiro atoms. The Morgan fingerprint density at radius 3 is 1.39 bits per heavy atom. The van der Waals surface area contributed by atoms with Gasteiger partial charge in [-0.05, 0) is 0 Å². The molecule has 0 aliphatic carbocycles. The number of fused-ring (bicyclic) bond motifs is 12. The van der Waals surface area contributed by atoms with Gasteiger partial charge in [0.25, 0.3) is 0 Å². The first-order chi connectivity index (χ1) is 31.8. The van der Waals surface area contributed by atoms with Gasteiger partial charge in [0.2, 0.25) is 0 Å². The van der Waals surface area contributed by atoms with Crippen LogP contribution in [0, 0.1) is 0 Å². The van der Waals surface area contributed by atoms with Crippen LogP contribution in [0.15, 0.2) is 223 Å². The molecule has 2 heteroatoms. The van der Waals surface area contributed by atoms with Gasteiger partial charge < -0.3 is 0 Å². The summed E-state index contributed by atoms with van der Waals surface area (Å²) in [6.07, 6.45) is 0. The van der Waals surface area contributed by atoms with Gasteiger partial charge in [0.1, 0.15) is 0 Å². The van der Waals surface area contributed by atoms with Crippen molar-refractivity contribution < 1.29 is 4.42 Å². The molecule has 14 rings (SSSR count). The quantitative estimate of drug-likeness (QED) is 0.127. The van der Waals surface area contributed by atoms with E-state index in [1.54, 1.807) is 0 Å². The van der Waals surface area contributed by atoms with E-state index in [0.717, 1.165) is 16.6 Å². The first-order valence-corrected chi connectivity index (χ1v) is 23.7. The van der Waals surface area contributed by atoms with Crippen molar-refractivity contribution in [1.82, 2.24) is 0 Å². The molecule has 2 heterocycles. The van der Waals surface area contributed by atoms with Crippen LogP contribution in [-0.2, 0) is 0 Å². The number of rotatable bonds is 4. The average Bonchev–Trinajstić information content (AvgIpc) is 3.93. The van der Waals surface area contributed by atoms with Gasteiger partial charge in [-0.1, -0.05) is 24.3 Å². The minimum absolute atomic E-state index is 0.0872. The summed E-state index contributed by atoms with van der Waals surface area (Å²) in [7, 11) is 0. The maximum atomic E-state index is 6.47. The molecule has 0 saturated carbocycles. The third kappa shape index (κ3) is 5.19. The SMILES string of the molecule is c1ccc(-c2c3ccccc3c(-c3ccc4c(c3)[se]c3c(-c5c6ccccc6c(-c6ccc7oc8ccc9ccccc9c8c7c6)c6ccccc56)cccc34)c3ccccc23)cc1. The van der Waals surface area contributed by atoms with Crippen molar-refractivity contribution in [1.29, 1.82) is 0 Å². The molecule has 12 aromatic carbocycles. The molecular formula is C62H36OSe. The van der Waals surface area contributed by atoms with E-state index in [1.165, 1.54) is 123 Å². The van der Waals surface area contributed by atoms with Crippen LogP contribution in [-0.4, -0.2) is 14.5 Å². The fourth-order valence-electron chi connectivity index (χ4n) is 10.9. The Balaban J connectivity index is 0.991. The molecule has 296 valence electrons. The molecule has 0 fully saturated rings. The zero-order valence-electron chi connectivity index (χ0n) is 34.6. The summed E-state index contributed by atoms with van der Waals surface area (Å²) in [5, 5.41) is 17.7. The Morgan fingerprint density at radius 2 is 0.766 bits per heavy atom. The fraction of sp³-hybridized carbons (Fsp3) is 0. The summed E-state index contributed by atoms with van der Waals surface area (Å²) >= 11 is 0.0872. The molecule has 2 aromatic heterocycles. The molecule has 14 aromatic rings. The molecule has 0 N–H and O–H groups in total. The molecule has 0 atom stereocenters. The summed E-state index contributed by atoms with van der Waals surface area (Å²) < 4.78 is 9.36. The van der Waals surface area contributed by atoms with Crippen LogP contribution in [0.25, 0.3) is 140 Å². The zero-order valence-corrected chi connectivity index (χ0v) is 36.3. The second kappa shape index (κ2) is 13.9. The molecule has 0 saturated heterocycles. The maximum absolute atomic E-state index is 6.47. The van der Waals surface area contributed by atoms with E-state index in [-0.39, 0.29) is 14.5 Å². The molecule has 0 amide bonds. The van der Waals surface area contributed by atoms with Gasteiger partial charge in [0.05, 0.1) is 0 Å². The predicted octanol–water partition coefficient (Wildman–Crippen LogP) is 17.4. The second-order valence-electron chi connectivity index (χ2n) is 17.0. The molecular weight excluding hydrogens is 840 g/mol. The number of furan rings is 1. The summed E-state index contributed by atoms with van der Waals surface area (Å²) in [6.45, 7) is 0. The van der Waals surface area contributed by atoms with Crippen molar-refractivity contribution in [3.63, 3.8) is 0 Å². The van der Waals surface area contributed by atoms with Gasteiger partial charge in [-0.3, -0.25) is 0 Å². The van der Waals surface area contributed by atoms with E-state index in [0.29, 0.717) is 0 Å². The molecule has 0 aliphatic rings. The number of hydrogen-bond donors (Lipinski definition) is 0. The van der Waals surface area contributed by atoms with Crippen LogP contribution >= 0.6 is 0 Å². The average molecular weight is 876 g/mol. The summed E-state index contributed by atoms with van der Waals surface area (Å²) in [5.74, 6) is 0. The normalized spacial score (nSPS) is 12.1. The summed E-state index contributed by atoms with van der Waals surface area (Å²) in [4.78, 5) is 0. The molecule has 0 radical (unpaired) electrons. The first kappa shape index (κ1) is 35.8. The molecule has 0 aliphatic heterocycles. The van der Waals surface area contributed by atoms with Gasteiger partial charge in [-0.15, -0.1) is 0 Å². The van der Waals surface area contributed by atoms with E-state index in [2.05, 4.69) is 218 Å². The van der Waals surface area contributed by atoms with Gasteiger partial charge in [-0.2, -0.15) is 0 Å². The third-order valence-corrected chi connectivity index (χ3v) is 16.2. The van der Waals surface area contributed by atoms with Crippen molar-refractivity contribution in [2.75, 3.05) is 0 Å². The van der Waals surface area contributed by atoms with E-state index < -0.39 is 0 Å². The predicted molar refractivity (Wildman–Crippen MR) is 275 cm³/mol. The van der Waals surface area contributed by atoms with Gasteiger partial charge in [0, 0.05) is 0 Å². The Bertz CT molecular complexity index is 4130. The molecule has 0 unspecified atom stereocenters. The van der Waals surface area contributed by atoms with Crippen LogP contribution in [0.4, 0.5) is 0 Å². The third-order valence-electron chi connectivity index (χ3n) is 13.6. The zero-order chi connectivity index (χ0) is 41.9. The Hall–Kier alpha value is -7.74. The van der Waals surface area contributed by atoms with Crippen molar-refractivity contribution >= 4 is 110 Å². The minimum atomic E-state index is 0.0872. The van der Waals surface area contributed by atoms with Crippen LogP contribution in [0.2, 0.25) is 0 Å². The van der Waals surface area contributed by atoms with Crippen LogP contribution in [0.3, 0.4) is 0 Å². The van der Waals surface area contributed by atoms with Crippen LogP contribution < -0.4 is 0 Å². The number of hydrogen-bond acceptors (Lipinski definition) is 1. The Labute approximate surface area is 374 Å². The standard InChI is InChI=1S/C62H36OSe/c1-2-16-38(17-3-1)57-43-19-6-8-21-45(43)59(46-22-9-7-20-44(46)57)40-29-32-42-51-27-14-28-52(62(51)64-56(42)36-40)60-49-25-12-10-23-47(49)58(48-24-11-13-26-50(48)60)39-31-33-54-53(35-39)61-41-18-5-4-15-37(41)30-34-55(61)63-54/h1-36H. The molecule has 0 bridgehead atoms. The van der Waals surface area contributed by atoms with Crippen molar-refractivity contribution in [3.8, 4) is 44.5 Å². The second-order valence-corrected chi connectivity index (χ2v) is 19.2. The van der Waals surface area contributed by atoms with E-state index in [1.807, 2.05) is 0 Å². The van der Waals surface area contributed by atoms with Gasteiger partial charge >= 0.3 is 353 Å². The van der Waals surface area contributed by atoms with Gasteiger partial charge in [0.15, 0.2) is 0 Å². The molecule has 64 heavy (non-hydrogen) atoms. The van der Waals surface area contributed by atoms with E-state index in [9.17, 15) is 0 Å². The van der Waals surface area contributed by atoms with Crippen LogP contribution in [0.5, 0.6) is 0 Å². The van der Waals surface area contributed by atoms with E-state index in [4.69, 9.17) is 4.42 Å². The monoisotopic (exact) mass is 876 g/mol. The Kier molecular flexibility index (Phi) is 7.77. The summed E-state index contributed by atoms with van der Waals surface area (Å²) in [6, 6.07) is 80.9. The first-order valence-electron chi connectivity index (χ1n) is 22.0. The molecule has 1 nitrogen and oxygen atoms in total. The fourth-order valence-corrected chi connectivity index (χ4v) is 13.6. The van der Waals surface area contributed by atoms with Crippen molar-refractivity contribution in [2.45, 2.75) is 0 Å². The van der Waals surface area contributed by atoms with Crippen LogP contribution in [0.1, 0.15) is 0 Å². The van der Waals surface area contributed by atoms with Gasteiger partial charge in [-0.25, -0.2) is 0 Å². The van der Waals surface area contributed by atoms with Crippen molar-refractivity contribution in [2.24, 2.45) is 0 Å². The van der Waals surface area contributed by atoms with E-state index >= 15 is 0 Å². The van der Waals surface area contributed by atoms with Crippen molar-refractivity contribution in [3.05, 3.63) is 218 Å². The topological polar surface area (TPSA) is 13.1 Å².